The van der Waals surface area contributed by atoms with Crippen molar-refractivity contribution in [1.29, 1.82) is 0 Å². The molecule has 1 aliphatic carbocycles. The summed E-state index contributed by atoms with van der Waals surface area (Å²) in [6, 6.07) is 10.9. The Morgan fingerprint density at radius 2 is 1.77 bits per heavy atom. The van der Waals surface area contributed by atoms with Gasteiger partial charge in [0, 0.05) is 46.8 Å². The highest BCUT2D eigenvalue weighted by molar-refractivity contribution is 5.93. The predicted octanol–water partition coefficient (Wildman–Crippen LogP) is 3.87. The van der Waals surface area contributed by atoms with Crippen LogP contribution in [-0.4, -0.2) is 28.9 Å². The van der Waals surface area contributed by atoms with Crippen molar-refractivity contribution in [1.82, 2.24) is 28.9 Å². The van der Waals surface area contributed by atoms with E-state index < -0.39 is 0 Å². The summed E-state index contributed by atoms with van der Waals surface area (Å²) in [4.78, 5) is 21.7. The van der Waals surface area contributed by atoms with E-state index in [1.54, 1.807) is 24.7 Å². The fraction of sp³-hybridized carbons (Fsp3) is 0.217. The Labute approximate surface area is 172 Å². The number of nitrogens with zero attached hydrogens (tertiary/aromatic N) is 6. The van der Waals surface area contributed by atoms with E-state index in [1.807, 2.05) is 13.8 Å². The van der Waals surface area contributed by atoms with Gasteiger partial charge in [-0.15, -0.1) is 0 Å². The van der Waals surface area contributed by atoms with Crippen LogP contribution in [0.2, 0.25) is 0 Å². The molecule has 30 heavy (non-hydrogen) atoms. The fourth-order valence-corrected chi connectivity index (χ4v) is 4.50. The van der Waals surface area contributed by atoms with Crippen molar-refractivity contribution < 1.29 is 0 Å². The second-order valence-electron chi connectivity index (χ2n) is 7.87. The smallest absolute Gasteiger partial charge is 0.283 e. The molecule has 0 spiro atoms. The highest BCUT2D eigenvalue weighted by atomic mass is 16.1. The van der Waals surface area contributed by atoms with Crippen molar-refractivity contribution in [2.75, 3.05) is 0 Å². The van der Waals surface area contributed by atoms with Crippen LogP contribution in [0.15, 0.2) is 59.9 Å². The molecule has 0 aliphatic heterocycles. The number of aromatic nitrogens is 6. The number of fused-ring (bicyclic) bond motifs is 2. The number of aryl methyl sites for hydroxylation is 2. The van der Waals surface area contributed by atoms with Crippen molar-refractivity contribution in [3.05, 3.63) is 76.9 Å². The molecule has 0 saturated heterocycles. The van der Waals surface area contributed by atoms with Gasteiger partial charge in [0.2, 0.25) is 0 Å². The SMILES string of the molecule is Cc1c2cnn(-c3ncccn3)c(=O)c2c(C)n1-c1cccc2c1ccn2C1CC1. The van der Waals surface area contributed by atoms with Crippen LogP contribution in [0.3, 0.4) is 0 Å². The van der Waals surface area contributed by atoms with E-state index in [1.165, 1.54) is 28.4 Å². The summed E-state index contributed by atoms with van der Waals surface area (Å²) in [6.45, 7) is 4.03. The molecular weight excluding hydrogens is 376 g/mol. The molecule has 7 heteroatoms. The molecule has 6 rings (SSSR count). The van der Waals surface area contributed by atoms with E-state index in [-0.39, 0.29) is 11.5 Å². The van der Waals surface area contributed by atoms with E-state index in [0.717, 1.165) is 22.5 Å². The monoisotopic (exact) mass is 396 g/mol. The standard InChI is InChI=1S/C23H20N6O/c1-14-18-13-26-29(23-24-10-4-11-25-23)22(30)21(18)15(2)28(14)20-6-3-5-19-17(20)9-12-27(19)16-7-8-16/h3-6,9-13,16H,7-8H2,1-2H3. The Kier molecular flexibility index (Phi) is 3.50. The number of hydrogen-bond donors (Lipinski definition) is 0. The third-order valence-electron chi connectivity index (χ3n) is 6.06. The van der Waals surface area contributed by atoms with Crippen molar-refractivity contribution >= 4 is 21.7 Å². The first-order valence-electron chi connectivity index (χ1n) is 10.1. The zero-order valence-electron chi connectivity index (χ0n) is 16.8. The van der Waals surface area contributed by atoms with Gasteiger partial charge in [0.25, 0.3) is 11.5 Å². The molecule has 0 atom stereocenters. The van der Waals surface area contributed by atoms with Gasteiger partial charge in [0.1, 0.15) is 0 Å². The lowest BCUT2D eigenvalue weighted by Crippen LogP contribution is -2.22. The molecule has 7 nitrogen and oxygen atoms in total. The summed E-state index contributed by atoms with van der Waals surface area (Å²) < 4.78 is 5.81. The van der Waals surface area contributed by atoms with Crippen molar-refractivity contribution in [2.45, 2.75) is 32.7 Å². The Bertz CT molecular complexity index is 1490. The molecule has 0 unspecified atom stereocenters. The largest absolute Gasteiger partial charge is 0.344 e. The third-order valence-corrected chi connectivity index (χ3v) is 6.06. The lowest BCUT2D eigenvalue weighted by atomic mass is 10.2. The Hall–Kier alpha value is -3.74. The second kappa shape index (κ2) is 6.13. The molecule has 0 N–H and O–H groups in total. The van der Waals surface area contributed by atoms with Crippen LogP contribution in [-0.2, 0) is 0 Å². The van der Waals surface area contributed by atoms with Gasteiger partial charge < -0.3 is 9.13 Å². The quantitative estimate of drug-likeness (QED) is 0.464. The van der Waals surface area contributed by atoms with Crippen LogP contribution >= 0.6 is 0 Å². The summed E-state index contributed by atoms with van der Waals surface area (Å²) in [6.07, 6.45) is 9.62. The average molecular weight is 396 g/mol. The minimum atomic E-state index is -0.208. The summed E-state index contributed by atoms with van der Waals surface area (Å²) in [5.41, 5.74) is 4.01. The van der Waals surface area contributed by atoms with Gasteiger partial charge >= 0.3 is 0 Å². The Morgan fingerprint density at radius 3 is 2.53 bits per heavy atom. The lowest BCUT2D eigenvalue weighted by Gasteiger charge is -2.12. The molecule has 1 saturated carbocycles. The molecule has 1 fully saturated rings. The van der Waals surface area contributed by atoms with E-state index >= 15 is 0 Å². The molecule has 1 aliphatic rings. The van der Waals surface area contributed by atoms with Crippen LogP contribution in [0, 0.1) is 13.8 Å². The predicted molar refractivity (Wildman–Crippen MR) is 115 cm³/mol. The first kappa shape index (κ1) is 17.1. The number of rotatable bonds is 3. The lowest BCUT2D eigenvalue weighted by molar-refractivity contribution is 0.762. The maximum Gasteiger partial charge on any atom is 0.283 e. The van der Waals surface area contributed by atoms with E-state index in [2.05, 4.69) is 54.7 Å². The molecule has 4 aromatic heterocycles. The molecule has 5 aromatic rings. The molecule has 4 heterocycles. The van der Waals surface area contributed by atoms with E-state index in [4.69, 9.17) is 0 Å². The maximum atomic E-state index is 13.3. The van der Waals surface area contributed by atoms with E-state index in [0.29, 0.717) is 11.4 Å². The zero-order valence-corrected chi connectivity index (χ0v) is 16.8. The van der Waals surface area contributed by atoms with Crippen LogP contribution in [0.5, 0.6) is 0 Å². The average Bonchev–Trinajstić information content (AvgIpc) is 3.46. The van der Waals surface area contributed by atoms with Gasteiger partial charge in [-0.2, -0.15) is 9.78 Å². The Morgan fingerprint density at radius 1 is 0.967 bits per heavy atom. The topological polar surface area (TPSA) is 70.5 Å². The molecule has 148 valence electrons. The minimum Gasteiger partial charge on any atom is -0.344 e. The van der Waals surface area contributed by atoms with Crippen molar-refractivity contribution in [2.24, 2.45) is 0 Å². The summed E-state index contributed by atoms with van der Waals surface area (Å²) >= 11 is 0. The van der Waals surface area contributed by atoms with Crippen LogP contribution in [0.1, 0.15) is 30.3 Å². The normalized spacial score (nSPS) is 14.1. The fourth-order valence-electron chi connectivity index (χ4n) is 4.50. The highest BCUT2D eigenvalue weighted by Crippen LogP contribution is 2.39. The molecule has 0 radical (unpaired) electrons. The van der Waals surface area contributed by atoms with Gasteiger partial charge in [-0.1, -0.05) is 6.07 Å². The van der Waals surface area contributed by atoms with Crippen LogP contribution in [0.25, 0.3) is 33.3 Å². The Balaban J connectivity index is 1.63. The summed E-state index contributed by atoms with van der Waals surface area (Å²) in [7, 11) is 0. The van der Waals surface area contributed by atoms with Gasteiger partial charge in [0.15, 0.2) is 0 Å². The van der Waals surface area contributed by atoms with Crippen LogP contribution in [0.4, 0.5) is 0 Å². The number of hydrogen-bond acceptors (Lipinski definition) is 4. The highest BCUT2D eigenvalue weighted by Gasteiger charge is 2.25. The second-order valence-corrected chi connectivity index (χ2v) is 7.87. The third kappa shape index (κ3) is 2.32. The number of benzene rings is 1. The first-order valence-corrected chi connectivity index (χ1v) is 10.1. The molecule has 0 amide bonds. The maximum absolute atomic E-state index is 13.3. The van der Waals surface area contributed by atoms with Gasteiger partial charge in [-0.25, -0.2) is 9.97 Å². The first-order chi connectivity index (χ1) is 14.6. The minimum absolute atomic E-state index is 0.208. The van der Waals surface area contributed by atoms with Gasteiger partial charge in [-0.3, -0.25) is 4.79 Å². The van der Waals surface area contributed by atoms with E-state index in [9.17, 15) is 4.79 Å². The molecular formula is C23H20N6O. The zero-order chi connectivity index (χ0) is 20.4. The van der Waals surface area contributed by atoms with Crippen molar-refractivity contribution in [3.63, 3.8) is 0 Å². The van der Waals surface area contributed by atoms with Crippen LogP contribution < -0.4 is 5.56 Å². The van der Waals surface area contributed by atoms with Crippen molar-refractivity contribution in [3.8, 4) is 11.6 Å². The molecule has 1 aromatic carbocycles. The van der Waals surface area contributed by atoms with Gasteiger partial charge in [-0.05, 0) is 51.0 Å². The summed E-state index contributed by atoms with van der Waals surface area (Å²) in [5.74, 6) is 0.276. The summed E-state index contributed by atoms with van der Waals surface area (Å²) in [5, 5.41) is 7.03. The van der Waals surface area contributed by atoms with Gasteiger partial charge in [0.05, 0.1) is 22.8 Å². The molecule has 0 bridgehead atoms.